The van der Waals surface area contributed by atoms with Crippen LogP contribution in [0.15, 0.2) is 46.0 Å². The summed E-state index contributed by atoms with van der Waals surface area (Å²) in [5, 5.41) is 1.82. The molecule has 4 rings (SSSR count). The highest BCUT2D eigenvalue weighted by Crippen LogP contribution is 2.28. The molecule has 1 aromatic heterocycles. The predicted molar refractivity (Wildman–Crippen MR) is 112 cm³/mol. The van der Waals surface area contributed by atoms with Crippen molar-refractivity contribution in [1.29, 1.82) is 0 Å². The molecule has 0 bridgehead atoms. The summed E-state index contributed by atoms with van der Waals surface area (Å²) in [5.74, 6) is 0.555. The fraction of sp³-hybridized carbons (Fsp3) is 0.524. The summed E-state index contributed by atoms with van der Waals surface area (Å²) in [4.78, 5) is 2.43. The van der Waals surface area contributed by atoms with Gasteiger partial charge in [0.15, 0.2) is 0 Å². The van der Waals surface area contributed by atoms with Crippen LogP contribution in [0.2, 0.25) is 0 Å². The number of thiophene rings is 1. The van der Waals surface area contributed by atoms with E-state index in [4.69, 9.17) is 4.74 Å². The average molecular weight is 421 g/mol. The molecule has 152 valence electrons. The molecule has 5 nitrogen and oxygen atoms in total. The zero-order valence-corrected chi connectivity index (χ0v) is 17.8. The molecule has 2 aromatic rings. The van der Waals surface area contributed by atoms with Crippen LogP contribution in [-0.4, -0.2) is 57.0 Å². The lowest BCUT2D eigenvalue weighted by Gasteiger charge is -2.31. The smallest absolute Gasteiger partial charge is 0.252 e. The molecule has 2 fully saturated rings. The number of rotatable bonds is 6. The average Bonchev–Trinajstić information content (AvgIpc) is 3.27. The summed E-state index contributed by atoms with van der Waals surface area (Å²) in [6.45, 7) is 5.92. The Bertz CT molecular complexity index is 836. The summed E-state index contributed by atoms with van der Waals surface area (Å²) in [5.41, 5.74) is 2.70. The predicted octanol–water partition coefficient (Wildman–Crippen LogP) is 3.22. The van der Waals surface area contributed by atoms with E-state index < -0.39 is 10.0 Å². The molecule has 0 spiro atoms. The number of hydrogen-bond donors (Lipinski definition) is 0. The fourth-order valence-corrected chi connectivity index (χ4v) is 6.64. The molecule has 2 saturated heterocycles. The Kier molecular flexibility index (Phi) is 6.48. The number of piperidine rings is 1. The Labute approximate surface area is 172 Å². The maximum atomic E-state index is 12.6. The zero-order valence-electron chi connectivity index (χ0n) is 16.1. The van der Waals surface area contributed by atoms with Crippen LogP contribution < -0.4 is 0 Å². The van der Waals surface area contributed by atoms with Gasteiger partial charge >= 0.3 is 0 Å². The molecular weight excluding hydrogens is 392 g/mol. The van der Waals surface area contributed by atoms with Crippen LogP contribution in [0, 0.1) is 5.92 Å². The zero-order chi connectivity index (χ0) is 19.4. The van der Waals surface area contributed by atoms with E-state index in [0.717, 1.165) is 52.1 Å². The molecule has 2 aliphatic rings. The number of nitrogens with zero attached hydrogens (tertiary/aromatic N) is 2. The number of hydrogen-bond acceptors (Lipinski definition) is 5. The molecular formula is C21H28N2O3S2. The van der Waals surface area contributed by atoms with Gasteiger partial charge in [0.1, 0.15) is 4.21 Å². The largest absolute Gasteiger partial charge is 0.379 e. The van der Waals surface area contributed by atoms with Crippen LogP contribution in [0.4, 0.5) is 0 Å². The van der Waals surface area contributed by atoms with Crippen LogP contribution >= 0.6 is 11.3 Å². The van der Waals surface area contributed by atoms with Gasteiger partial charge in [0.25, 0.3) is 10.0 Å². The van der Waals surface area contributed by atoms with Gasteiger partial charge in [-0.05, 0) is 47.8 Å². The maximum absolute atomic E-state index is 12.6. The van der Waals surface area contributed by atoms with Crippen LogP contribution in [0.25, 0.3) is 0 Å². The standard InChI is InChI=1S/C21H28N2O3S2/c24-28(25,21-2-1-15-27-21)23-9-7-19(8-10-23)16-18-3-5-20(6-4-18)17-22-11-13-26-14-12-22/h1-6,15,19H,7-14,16-17H2. The second kappa shape index (κ2) is 9.05. The summed E-state index contributed by atoms with van der Waals surface area (Å²) < 4.78 is 32.8. The minimum Gasteiger partial charge on any atom is -0.379 e. The Morgan fingerprint density at radius 2 is 1.64 bits per heavy atom. The van der Waals surface area contributed by atoms with Gasteiger partial charge in [-0.3, -0.25) is 4.90 Å². The Balaban J connectivity index is 1.28. The summed E-state index contributed by atoms with van der Waals surface area (Å²) >= 11 is 1.30. The first-order valence-corrected chi connectivity index (χ1v) is 12.3. The summed E-state index contributed by atoms with van der Waals surface area (Å²) in [7, 11) is -3.30. The van der Waals surface area contributed by atoms with E-state index in [0.29, 0.717) is 23.2 Å². The quantitative estimate of drug-likeness (QED) is 0.720. The molecule has 0 radical (unpaired) electrons. The van der Waals surface area contributed by atoms with Crippen molar-refractivity contribution < 1.29 is 13.2 Å². The van der Waals surface area contributed by atoms with Gasteiger partial charge in [-0.1, -0.05) is 30.3 Å². The lowest BCUT2D eigenvalue weighted by molar-refractivity contribution is 0.0342. The second-order valence-electron chi connectivity index (χ2n) is 7.69. The van der Waals surface area contributed by atoms with Gasteiger partial charge in [0.05, 0.1) is 13.2 Å². The Morgan fingerprint density at radius 3 is 2.29 bits per heavy atom. The normalized spacial score (nSPS) is 20.4. The van der Waals surface area contributed by atoms with Gasteiger partial charge in [0.2, 0.25) is 0 Å². The second-order valence-corrected chi connectivity index (χ2v) is 10.8. The van der Waals surface area contributed by atoms with Crippen molar-refractivity contribution >= 4 is 21.4 Å². The fourth-order valence-electron chi connectivity index (χ4n) is 4.02. The highest BCUT2D eigenvalue weighted by molar-refractivity contribution is 7.91. The van der Waals surface area contributed by atoms with Gasteiger partial charge in [-0.15, -0.1) is 11.3 Å². The van der Waals surface area contributed by atoms with E-state index in [9.17, 15) is 8.42 Å². The molecule has 0 atom stereocenters. The molecule has 0 unspecified atom stereocenters. The number of sulfonamides is 1. The third kappa shape index (κ3) is 4.83. The summed E-state index contributed by atoms with van der Waals surface area (Å²) in [6.07, 6.45) is 2.89. The topological polar surface area (TPSA) is 49.9 Å². The highest BCUT2D eigenvalue weighted by atomic mass is 32.2. The molecule has 3 heterocycles. The van der Waals surface area contributed by atoms with Crippen molar-refractivity contribution in [2.75, 3.05) is 39.4 Å². The third-order valence-electron chi connectivity index (χ3n) is 5.72. The number of benzene rings is 1. The molecule has 0 amide bonds. The van der Waals surface area contributed by atoms with Crippen molar-refractivity contribution in [3.63, 3.8) is 0 Å². The van der Waals surface area contributed by atoms with E-state index in [1.54, 1.807) is 16.4 Å². The highest BCUT2D eigenvalue weighted by Gasteiger charge is 2.30. The van der Waals surface area contributed by atoms with Crippen LogP contribution in [0.5, 0.6) is 0 Å². The van der Waals surface area contributed by atoms with E-state index in [2.05, 4.69) is 29.2 Å². The third-order valence-corrected chi connectivity index (χ3v) is 8.99. The van der Waals surface area contributed by atoms with E-state index >= 15 is 0 Å². The monoisotopic (exact) mass is 420 g/mol. The van der Waals surface area contributed by atoms with Crippen molar-refractivity contribution in [3.8, 4) is 0 Å². The SMILES string of the molecule is O=S(=O)(c1cccs1)N1CCC(Cc2ccc(CN3CCOCC3)cc2)CC1. The van der Waals surface area contributed by atoms with Crippen molar-refractivity contribution in [2.24, 2.45) is 5.92 Å². The number of morpholine rings is 1. The lowest BCUT2D eigenvalue weighted by Crippen LogP contribution is -2.38. The lowest BCUT2D eigenvalue weighted by atomic mass is 9.91. The van der Waals surface area contributed by atoms with Gasteiger partial charge in [-0.2, -0.15) is 4.31 Å². The Hall–Kier alpha value is -1.25. The first-order chi connectivity index (χ1) is 13.6. The van der Waals surface area contributed by atoms with E-state index in [1.165, 1.54) is 22.5 Å². The van der Waals surface area contributed by atoms with Crippen LogP contribution in [-0.2, 0) is 27.7 Å². The summed E-state index contributed by atoms with van der Waals surface area (Å²) in [6, 6.07) is 12.5. The molecule has 0 N–H and O–H groups in total. The van der Waals surface area contributed by atoms with E-state index in [-0.39, 0.29) is 0 Å². The van der Waals surface area contributed by atoms with Gasteiger partial charge in [0, 0.05) is 32.7 Å². The molecule has 7 heteroatoms. The van der Waals surface area contributed by atoms with E-state index in [1.807, 2.05) is 5.38 Å². The first kappa shape index (κ1) is 20.0. The van der Waals surface area contributed by atoms with Crippen LogP contribution in [0.1, 0.15) is 24.0 Å². The molecule has 2 aliphatic heterocycles. The van der Waals surface area contributed by atoms with Crippen molar-refractivity contribution in [2.45, 2.75) is 30.0 Å². The van der Waals surface area contributed by atoms with Gasteiger partial charge < -0.3 is 4.74 Å². The van der Waals surface area contributed by atoms with Crippen molar-refractivity contribution in [1.82, 2.24) is 9.21 Å². The molecule has 0 aliphatic carbocycles. The van der Waals surface area contributed by atoms with Crippen LogP contribution in [0.3, 0.4) is 0 Å². The number of ether oxygens (including phenoxy) is 1. The minimum atomic E-state index is -3.30. The van der Waals surface area contributed by atoms with Crippen molar-refractivity contribution in [3.05, 3.63) is 52.9 Å². The Morgan fingerprint density at radius 1 is 0.964 bits per heavy atom. The molecule has 0 saturated carbocycles. The molecule has 28 heavy (non-hydrogen) atoms. The molecule has 1 aromatic carbocycles. The first-order valence-electron chi connectivity index (χ1n) is 10.0. The maximum Gasteiger partial charge on any atom is 0.252 e. The van der Waals surface area contributed by atoms with Gasteiger partial charge in [-0.25, -0.2) is 8.42 Å². The minimum absolute atomic E-state index is 0.460.